The van der Waals surface area contributed by atoms with E-state index in [-0.39, 0.29) is 5.82 Å². The van der Waals surface area contributed by atoms with Crippen LogP contribution in [0.25, 0.3) is 0 Å². The van der Waals surface area contributed by atoms with Crippen LogP contribution in [-0.2, 0) is 0 Å². The molecular weight excluding hydrogens is 323 g/mol. The van der Waals surface area contributed by atoms with Crippen LogP contribution in [0.1, 0.15) is 29.7 Å². The number of aryl methyl sites for hydroxylation is 1. The van der Waals surface area contributed by atoms with E-state index >= 15 is 0 Å². The average Bonchev–Trinajstić information content (AvgIpc) is 2.39. The monoisotopic (exact) mass is 338 g/mol. The molecule has 2 nitrogen and oxygen atoms in total. The highest BCUT2D eigenvalue weighted by Crippen LogP contribution is 2.32. The molecule has 20 heavy (non-hydrogen) atoms. The average molecular weight is 339 g/mol. The summed E-state index contributed by atoms with van der Waals surface area (Å²) < 4.78 is 19.6. The molecule has 1 N–H and O–H groups in total. The van der Waals surface area contributed by atoms with Crippen LogP contribution in [0.15, 0.2) is 40.9 Å². The maximum absolute atomic E-state index is 13.5. The Hall–Kier alpha value is -1.39. The summed E-state index contributed by atoms with van der Waals surface area (Å²) in [6, 6.07) is 9.98. The van der Waals surface area contributed by atoms with Gasteiger partial charge in [0.2, 0.25) is 0 Å². The minimum Gasteiger partial charge on any atom is -0.493 e. The molecule has 0 spiro atoms. The zero-order valence-corrected chi connectivity index (χ0v) is 12.9. The zero-order valence-electron chi connectivity index (χ0n) is 11.4. The topological polar surface area (TPSA) is 29.5 Å². The Morgan fingerprint density at radius 1 is 1.25 bits per heavy atom. The van der Waals surface area contributed by atoms with Gasteiger partial charge in [0.1, 0.15) is 17.7 Å². The maximum Gasteiger partial charge on any atom is 0.125 e. The summed E-state index contributed by atoms with van der Waals surface area (Å²) in [5.74, 6) is 0.227. The van der Waals surface area contributed by atoms with Crippen LogP contribution in [0.4, 0.5) is 4.39 Å². The van der Waals surface area contributed by atoms with Crippen LogP contribution in [0, 0.1) is 12.7 Å². The van der Waals surface area contributed by atoms with Gasteiger partial charge in [-0.1, -0.05) is 27.6 Å². The fourth-order valence-corrected chi connectivity index (χ4v) is 2.56. The van der Waals surface area contributed by atoms with E-state index in [0.29, 0.717) is 28.0 Å². The Labute approximate surface area is 126 Å². The number of aliphatic hydroxyl groups is 1. The number of ether oxygens (including phenoxy) is 1. The van der Waals surface area contributed by atoms with Crippen LogP contribution in [0.3, 0.4) is 0 Å². The van der Waals surface area contributed by atoms with E-state index in [1.165, 1.54) is 12.1 Å². The largest absolute Gasteiger partial charge is 0.493 e. The normalized spacial score (nSPS) is 12.2. The highest BCUT2D eigenvalue weighted by Gasteiger charge is 2.17. The summed E-state index contributed by atoms with van der Waals surface area (Å²) in [5.41, 5.74) is 2.14. The summed E-state index contributed by atoms with van der Waals surface area (Å²) in [6.45, 7) is 4.33. The summed E-state index contributed by atoms with van der Waals surface area (Å²) in [5, 5.41) is 10.5. The molecule has 0 heterocycles. The van der Waals surface area contributed by atoms with Gasteiger partial charge in [-0.15, -0.1) is 0 Å². The fourth-order valence-electron chi connectivity index (χ4n) is 2.08. The van der Waals surface area contributed by atoms with Gasteiger partial charge >= 0.3 is 0 Å². The zero-order chi connectivity index (χ0) is 14.7. The Morgan fingerprint density at radius 2 is 2.00 bits per heavy atom. The summed E-state index contributed by atoms with van der Waals surface area (Å²) in [6.07, 6.45) is -0.927. The second kappa shape index (κ2) is 6.37. The first-order chi connectivity index (χ1) is 9.51. The van der Waals surface area contributed by atoms with Crippen LogP contribution in [0.2, 0.25) is 0 Å². The van der Waals surface area contributed by atoms with E-state index in [1.807, 2.05) is 32.0 Å². The Morgan fingerprint density at radius 3 is 2.65 bits per heavy atom. The number of benzene rings is 2. The molecule has 0 aliphatic rings. The second-order valence-electron chi connectivity index (χ2n) is 4.58. The van der Waals surface area contributed by atoms with Crippen molar-refractivity contribution in [2.75, 3.05) is 6.61 Å². The van der Waals surface area contributed by atoms with Gasteiger partial charge in [0.15, 0.2) is 0 Å². The lowest BCUT2D eigenvalue weighted by Crippen LogP contribution is -2.05. The van der Waals surface area contributed by atoms with Crippen molar-refractivity contribution in [3.63, 3.8) is 0 Å². The fraction of sp³-hybridized carbons (Fsp3) is 0.250. The van der Waals surface area contributed by atoms with E-state index in [4.69, 9.17) is 4.74 Å². The number of hydrogen-bond donors (Lipinski definition) is 1. The molecular formula is C16H16BrFO2. The van der Waals surface area contributed by atoms with Gasteiger partial charge in [-0.25, -0.2) is 4.39 Å². The number of aliphatic hydroxyl groups excluding tert-OH is 1. The molecule has 0 aliphatic carbocycles. The van der Waals surface area contributed by atoms with E-state index in [0.717, 1.165) is 5.56 Å². The van der Waals surface area contributed by atoms with Gasteiger partial charge in [0.25, 0.3) is 0 Å². The Balaban J connectivity index is 2.46. The number of hydrogen-bond acceptors (Lipinski definition) is 2. The summed E-state index contributed by atoms with van der Waals surface area (Å²) in [7, 11) is 0. The molecule has 1 unspecified atom stereocenters. The van der Waals surface area contributed by atoms with Crippen molar-refractivity contribution >= 4 is 15.9 Å². The summed E-state index contributed by atoms with van der Waals surface area (Å²) >= 11 is 3.24. The number of rotatable bonds is 4. The Bertz CT molecular complexity index is 593. The van der Waals surface area contributed by atoms with E-state index < -0.39 is 6.10 Å². The smallest absolute Gasteiger partial charge is 0.125 e. The minimum atomic E-state index is -0.927. The van der Waals surface area contributed by atoms with E-state index in [2.05, 4.69) is 15.9 Å². The molecule has 0 radical (unpaired) electrons. The van der Waals surface area contributed by atoms with Gasteiger partial charge in [0.05, 0.1) is 6.61 Å². The first kappa shape index (κ1) is 15.0. The van der Waals surface area contributed by atoms with Crippen molar-refractivity contribution in [3.8, 4) is 5.75 Å². The molecule has 0 bridgehead atoms. The molecule has 2 aromatic rings. The lowest BCUT2D eigenvalue weighted by molar-refractivity contribution is 0.211. The molecule has 0 saturated heterocycles. The van der Waals surface area contributed by atoms with Crippen molar-refractivity contribution in [1.29, 1.82) is 0 Å². The van der Waals surface area contributed by atoms with Crippen molar-refractivity contribution in [3.05, 3.63) is 63.4 Å². The van der Waals surface area contributed by atoms with E-state index in [9.17, 15) is 9.50 Å². The molecule has 2 rings (SSSR count). The SMILES string of the molecule is CCOc1ccc(C)cc1C(O)c1cc(F)cc(Br)c1. The molecule has 0 amide bonds. The van der Waals surface area contributed by atoms with Crippen LogP contribution in [-0.4, -0.2) is 11.7 Å². The van der Waals surface area contributed by atoms with Gasteiger partial charge in [-0.05, 0) is 49.7 Å². The third-order valence-electron chi connectivity index (χ3n) is 2.96. The highest BCUT2D eigenvalue weighted by atomic mass is 79.9. The molecule has 0 saturated carbocycles. The van der Waals surface area contributed by atoms with Gasteiger partial charge < -0.3 is 9.84 Å². The first-order valence-corrected chi connectivity index (χ1v) is 7.18. The third-order valence-corrected chi connectivity index (χ3v) is 3.42. The van der Waals surface area contributed by atoms with Crippen molar-refractivity contribution < 1.29 is 14.2 Å². The molecule has 0 fully saturated rings. The lowest BCUT2D eigenvalue weighted by Gasteiger charge is -2.17. The van der Waals surface area contributed by atoms with Crippen LogP contribution < -0.4 is 4.74 Å². The molecule has 0 aliphatic heterocycles. The first-order valence-electron chi connectivity index (χ1n) is 6.38. The lowest BCUT2D eigenvalue weighted by atomic mass is 9.99. The third kappa shape index (κ3) is 3.38. The van der Waals surface area contributed by atoms with Crippen molar-refractivity contribution in [2.45, 2.75) is 20.0 Å². The minimum absolute atomic E-state index is 0.390. The summed E-state index contributed by atoms with van der Waals surface area (Å²) in [4.78, 5) is 0. The quantitative estimate of drug-likeness (QED) is 0.896. The molecule has 106 valence electrons. The van der Waals surface area contributed by atoms with Gasteiger partial charge in [-0.3, -0.25) is 0 Å². The number of halogens is 2. The van der Waals surface area contributed by atoms with Crippen LogP contribution in [0.5, 0.6) is 5.75 Å². The molecule has 2 aromatic carbocycles. The van der Waals surface area contributed by atoms with E-state index in [1.54, 1.807) is 6.07 Å². The molecule has 0 aromatic heterocycles. The highest BCUT2D eigenvalue weighted by molar-refractivity contribution is 9.10. The van der Waals surface area contributed by atoms with Crippen molar-refractivity contribution in [1.82, 2.24) is 0 Å². The van der Waals surface area contributed by atoms with Gasteiger partial charge in [0, 0.05) is 10.0 Å². The standard InChI is InChI=1S/C16H16BrFO2/c1-3-20-15-5-4-10(2)6-14(15)16(19)11-7-12(17)9-13(18)8-11/h4-9,16,19H,3H2,1-2H3. The van der Waals surface area contributed by atoms with Crippen LogP contribution >= 0.6 is 15.9 Å². The molecule has 1 atom stereocenters. The predicted molar refractivity (Wildman–Crippen MR) is 80.5 cm³/mol. The predicted octanol–water partition coefficient (Wildman–Crippen LogP) is 4.38. The van der Waals surface area contributed by atoms with Gasteiger partial charge in [-0.2, -0.15) is 0 Å². The van der Waals surface area contributed by atoms with Crippen molar-refractivity contribution in [2.24, 2.45) is 0 Å². The molecule has 4 heteroatoms. The maximum atomic E-state index is 13.5. The second-order valence-corrected chi connectivity index (χ2v) is 5.50. The Kier molecular flexibility index (Phi) is 4.78.